The molecule has 1 aromatic rings. The van der Waals surface area contributed by atoms with E-state index in [0.717, 1.165) is 57.5 Å². The maximum atomic E-state index is 14.7. The van der Waals surface area contributed by atoms with Crippen LogP contribution in [0.25, 0.3) is 0 Å². The Labute approximate surface area is 199 Å². The average molecular weight is 473 g/mol. The number of hydrogen-bond donors (Lipinski definition) is 1. The quantitative estimate of drug-likeness (QED) is 0.695. The van der Waals surface area contributed by atoms with Crippen molar-refractivity contribution >= 4 is 23.3 Å². The lowest BCUT2D eigenvalue weighted by Gasteiger charge is -2.35. The van der Waals surface area contributed by atoms with Crippen molar-refractivity contribution in [1.82, 2.24) is 9.80 Å². The van der Waals surface area contributed by atoms with Gasteiger partial charge in [0.2, 0.25) is 11.8 Å². The third kappa shape index (κ3) is 4.09. The lowest BCUT2D eigenvalue weighted by atomic mass is 9.80. The zero-order valence-electron chi connectivity index (χ0n) is 19.6. The highest BCUT2D eigenvalue weighted by molar-refractivity contribution is 5.99. The number of likely N-dealkylation sites (N-methyl/N-ethyl adjacent to an activating group) is 1. The van der Waals surface area contributed by atoms with Crippen LogP contribution in [0, 0.1) is 5.92 Å². The van der Waals surface area contributed by atoms with Crippen molar-refractivity contribution in [2.24, 2.45) is 11.7 Å². The summed E-state index contributed by atoms with van der Waals surface area (Å²) in [5, 5.41) is 0. The number of hydrogen-bond acceptors (Lipinski definition) is 6. The molecule has 9 heteroatoms. The van der Waals surface area contributed by atoms with Gasteiger partial charge in [0.15, 0.2) is 5.78 Å². The summed E-state index contributed by atoms with van der Waals surface area (Å²) < 4.78 is 20.1. The molecule has 0 unspecified atom stereocenters. The minimum absolute atomic E-state index is 0.0165. The van der Waals surface area contributed by atoms with Gasteiger partial charge < -0.3 is 25.2 Å². The second kappa shape index (κ2) is 9.26. The molecular weight excluding hydrogens is 439 g/mol. The summed E-state index contributed by atoms with van der Waals surface area (Å²) in [7, 11) is 2.09. The Hall–Kier alpha value is -2.52. The predicted octanol–water partition coefficient (Wildman–Crippen LogP) is 1.33. The molecule has 4 fully saturated rings. The number of ketones is 1. The average Bonchev–Trinajstić information content (AvgIpc) is 3.55. The van der Waals surface area contributed by atoms with E-state index in [0.29, 0.717) is 11.1 Å². The van der Waals surface area contributed by atoms with Crippen LogP contribution in [-0.2, 0) is 14.3 Å². The number of halogens is 1. The number of benzene rings is 1. The minimum Gasteiger partial charge on any atom is -0.369 e. The Morgan fingerprint density at radius 3 is 2.53 bits per heavy atom. The molecule has 2 amide bonds. The van der Waals surface area contributed by atoms with E-state index in [2.05, 4.69) is 16.8 Å². The Morgan fingerprint density at radius 2 is 1.85 bits per heavy atom. The maximum absolute atomic E-state index is 14.7. The summed E-state index contributed by atoms with van der Waals surface area (Å²) >= 11 is 0. The summed E-state index contributed by atoms with van der Waals surface area (Å²) in [5.74, 6) is -1.76. The summed E-state index contributed by atoms with van der Waals surface area (Å²) in [5.41, 5.74) is 7.64. The van der Waals surface area contributed by atoms with E-state index in [4.69, 9.17) is 10.5 Å². The molecule has 0 spiro atoms. The number of fused-ring (bicyclic) bond motifs is 1. The van der Waals surface area contributed by atoms with Crippen molar-refractivity contribution in [2.45, 2.75) is 49.9 Å². The number of ether oxygens (including phenoxy) is 1. The Kier molecular flexibility index (Phi) is 6.33. The third-order valence-corrected chi connectivity index (χ3v) is 8.05. The minimum atomic E-state index is -1.39. The second-order valence-corrected chi connectivity index (χ2v) is 10.1. The number of amides is 2. The fourth-order valence-electron chi connectivity index (χ4n) is 6.18. The molecule has 3 heterocycles. The lowest BCUT2D eigenvalue weighted by Crippen LogP contribution is -2.46. The molecule has 3 aliphatic heterocycles. The fraction of sp³-hybridized carbons (Fsp3) is 0.640. The SMILES string of the molecule is CN1CCN(c2ccc(C(N)=O)c([C@@H](C(=O)N3C[C@H](F)[C@H]4OCC(=O)[C@H]43)C3CCCC3)c2)CC1. The Balaban J connectivity index is 1.54. The number of rotatable bonds is 5. The third-order valence-electron chi connectivity index (χ3n) is 8.05. The van der Waals surface area contributed by atoms with Crippen LogP contribution in [0.2, 0.25) is 0 Å². The predicted molar refractivity (Wildman–Crippen MR) is 125 cm³/mol. The van der Waals surface area contributed by atoms with E-state index < -0.39 is 30.1 Å². The summed E-state index contributed by atoms with van der Waals surface area (Å²) in [4.78, 5) is 44.9. The van der Waals surface area contributed by atoms with Crippen LogP contribution < -0.4 is 10.6 Å². The van der Waals surface area contributed by atoms with Crippen molar-refractivity contribution in [3.05, 3.63) is 29.3 Å². The largest absolute Gasteiger partial charge is 0.369 e. The van der Waals surface area contributed by atoms with Gasteiger partial charge in [-0.25, -0.2) is 4.39 Å². The fourth-order valence-corrected chi connectivity index (χ4v) is 6.18. The number of nitrogens with two attached hydrogens (primary N) is 1. The Bertz CT molecular complexity index is 974. The van der Waals surface area contributed by atoms with Crippen LogP contribution >= 0.6 is 0 Å². The van der Waals surface area contributed by atoms with Crippen LogP contribution in [0.4, 0.5) is 10.1 Å². The van der Waals surface area contributed by atoms with Crippen molar-refractivity contribution in [3.8, 4) is 0 Å². The number of carbonyl (C=O) groups is 3. The highest BCUT2D eigenvalue weighted by Crippen LogP contribution is 2.43. The number of piperazine rings is 1. The highest BCUT2D eigenvalue weighted by Gasteiger charge is 2.54. The van der Waals surface area contributed by atoms with Gasteiger partial charge in [-0.2, -0.15) is 0 Å². The van der Waals surface area contributed by atoms with Crippen LogP contribution in [0.1, 0.15) is 47.5 Å². The topological polar surface area (TPSA) is 96.2 Å². The molecular formula is C25H33FN4O4. The first-order chi connectivity index (χ1) is 16.3. The molecule has 4 atom stereocenters. The molecule has 4 aliphatic rings. The van der Waals surface area contributed by atoms with E-state index >= 15 is 0 Å². The molecule has 184 valence electrons. The molecule has 1 saturated carbocycles. The summed E-state index contributed by atoms with van der Waals surface area (Å²) in [6.45, 7) is 3.22. The first-order valence-corrected chi connectivity index (χ1v) is 12.3. The van der Waals surface area contributed by atoms with Crippen LogP contribution in [0.15, 0.2) is 18.2 Å². The first-order valence-electron chi connectivity index (χ1n) is 12.3. The molecule has 0 aromatic heterocycles. The van der Waals surface area contributed by atoms with Gasteiger partial charge in [-0.05, 0) is 49.6 Å². The van der Waals surface area contributed by atoms with Gasteiger partial charge in [0, 0.05) is 37.4 Å². The number of Topliss-reactive ketones (excluding diaryl/α,β-unsaturated/α-hetero) is 1. The summed E-state index contributed by atoms with van der Waals surface area (Å²) in [6, 6.07) is 4.65. The van der Waals surface area contributed by atoms with Gasteiger partial charge >= 0.3 is 0 Å². The van der Waals surface area contributed by atoms with Crippen molar-refractivity contribution in [2.75, 3.05) is 51.3 Å². The van der Waals surface area contributed by atoms with Gasteiger partial charge in [-0.3, -0.25) is 14.4 Å². The Morgan fingerprint density at radius 1 is 1.15 bits per heavy atom. The van der Waals surface area contributed by atoms with Crippen LogP contribution in [-0.4, -0.2) is 92.1 Å². The van der Waals surface area contributed by atoms with Gasteiger partial charge in [0.05, 0.1) is 12.5 Å². The van der Waals surface area contributed by atoms with Crippen LogP contribution in [0.5, 0.6) is 0 Å². The summed E-state index contributed by atoms with van der Waals surface area (Å²) in [6.07, 6.45) is 1.40. The first kappa shape index (κ1) is 23.2. The van der Waals surface area contributed by atoms with E-state index in [1.807, 2.05) is 12.1 Å². The molecule has 5 rings (SSSR count). The number of carbonyl (C=O) groups excluding carboxylic acids is 3. The van der Waals surface area contributed by atoms with Crippen molar-refractivity contribution in [3.63, 3.8) is 0 Å². The van der Waals surface area contributed by atoms with E-state index in [1.165, 1.54) is 4.90 Å². The van der Waals surface area contributed by atoms with E-state index in [9.17, 15) is 18.8 Å². The van der Waals surface area contributed by atoms with Gasteiger partial charge in [0.1, 0.15) is 24.9 Å². The standard InChI is InChI=1S/C25H33FN4O4/c1-28-8-10-29(11-9-28)16-6-7-17(24(27)32)18(12-16)21(15-4-2-3-5-15)25(33)30-13-19(26)23-22(30)20(31)14-34-23/h6-7,12,15,19,21-23H,2-5,8-11,13-14H2,1H3,(H2,27,32)/t19-,21-,22+,23+/m0/s1. The monoisotopic (exact) mass is 472 g/mol. The number of primary amides is 1. The number of likely N-dealkylation sites (tertiary alicyclic amines) is 1. The molecule has 8 nitrogen and oxygen atoms in total. The van der Waals surface area contributed by atoms with Crippen molar-refractivity contribution < 1.29 is 23.5 Å². The number of alkyl halides is 1. The lowest BCUT2D eigenvalue weighted by molar-refractivity contribution is -0.138. The van der Waals surface area contributed by atoms with Gasteiger partial charge in [-0.1, -0.05) is 12.8 Å². The molecule has 2 N–H and O–H groups in total. The number of nitrogens with zero attached hydrogens (tertiary/aromatic N) is 3. The molecule has 3 saturated heterocycles. The highest BCUT2D eigenvalue weighted by atomic mass is 19.1. The van der Waals surface area contributed by atoms with Gasteiger partial charge in [-0.15, -0.1) is 0 Å². The van der Waals surface area contributed by atoms with E-state index in [1.54, 1.807) is 6.07 Å². The molecule has 1 aliphatic carbocycles. The van der Waals surface area contributed by atoms with E-state index in [-0.39, 0.29) is 30.8 Å². The zero-order chi connectivity index (χ0) is 24.0. The van der Waals surface area contributed by atoms with Gasteiger partial charge in [0.25, 0.3) is 0 Å². The molecule has 1 aromatic carbocycles. The molecule has 34 heavy (non-hydrogen) atoms. The zero-order valence-corrected chi connectivity index (χ0v) is 19.6. The molecule has 0 bridgehead atoms. The molecule has 0 radical (unpaired) electrons. The number of anilines is 1. The van der Waals surface area contributed by atoms with Crippen LogP contribution in [0.3, 0.4) is 0 Å². The van der Waals surface area contributed by atoms with Crippen molar-refractivity contribution in [1.29, 1.82) is 0 Å². The second-order valence-electron chi connectivity index (χ2n) is 10.1. The maximum Gasteiger partial charge on any atom is 0.249 e. The normalized spacial score (nSPS) is 29.0. The smallest absolute Gasteiger partial charge is 0.249 e.